The molecule has 1 N–H and O–H groups in total. The number of ether oxygens (including phenoxy) is 1. The van der Waals surface area contributed by atoms with E-state index in [0.717, 1.165) is 6.54 Å². The second kappa shape index (κ2) is 6.50. The second-order valence-electron chi connectivity index (χ2n) is 5.94. The summed E-state index contributed by atoms with van der Waals surface area (Å²) in [6, 6.07) is 5.90. The maximum atomic E-state index is 12.4. The summed E-state index contributed by atoms with van der Waals surface area (Å²) in [5.74, 6) is -0.204. The molecule has 2 aliphatic rings. The minimum atomic E-state index is -0.437. The predicted molar refractivity (Wildman–Crippen MR) is 84.0 cm³/mol. The molecule has 0 bridgehead atoms. The summed E-state index contributed by atoms with van der Waals surface area (Å²) in [5.41, 5.74) is 0.891. The van der Waals surface area contributed by atoms with E-state index in [1.54, 1.807) is 31.2 Å². The van der Waals surface area contributed by atoms with Crippen molar-refractivity contribution >= 4 is 23.5 Å². The van der Waals surface area contributed by atoms with E-state index in [0.29, 0.717) is 23.8 Å². The Morgan fingerprint density at radius 1 is 1.26 bits per heavy atom. The summed E-state index contributed by atoms with van der Waals surface area (Å²) < 4.78 is 4.92. The van der Waals surface area contributed by atoms with E-state index in [4.69, 9.17) is 4.74 Å². The van der Waals surface area contributed by atoms with Crippen LogP contribution in [0.25, 0.3) is 0 Å². The van der Waals surface area contributed by atoms with E-state index in [9.17, 15) is 14.4 Å². The number of imide groups is 1. The van der Waals surface area contributed by atoms with Crippen LogP contribution in [-0.2, 0) is 14.3 Å². The van der Waals surface area contributed by atoms with Gasteiger partial charge < -0.3 is 10.1 Å². The van der Waals surface area contributed by atoms with Gasteiger partial charge in [0.1, 0.15) is 0 Å². The second-order valence-corrected chi connectivity index (χ2v) is 5.94. The Balaban J connectivity index is 1.68. The van der Waals surface area contributed by atoms with Crippen LogP contribution in [0.2, 0.25) is 0 Å². The zero-order chi connectivity index (χ0) is 16.4. The normalized spacial score (nSPS) is 20.9. The number of esters is 1. The van der Waals surface area contributed by atoms with Gasteiger partial charge in [0.05, 0.1) is 30.3 Å². The van der Waals surface area contributed by atoms with Gasteiger partial charge in [0.2, 0.25) is 5.91 Å². The van der Waals surface area contributed by atoms with Crippen LogP contribution in [0, 0.1) is 5.92 Å². The van der Waals surface area contributed by atoms with Crippen molar-refractivity contribution in [1.82, 2.24) is 5.32 Å². The van der Waals surface area contributed by atoms with Crippen LogP contribution in [0.1, 0.15) is 36.5 Å². The summed E-state index contributed by atoms with van der Waals surface area (Å²) in [4.78, 5) is 37.4. The molecule has 0 radical (unpaired) electrons. The van der Waals surface area contributed by atoms with Crippen LogP contribution in [0.4, 0.5) is 5.69 Å². The molecule has 2 fully saturated rings. The highest BCUT2D eigenvalue weighted by molar-refractivity contribution is 6.22. The topological polar surface area (TPSA) is 75.7 Å². The Kier molecular flexibility index (Phi) is 4.43. The van der Waals surface area contributed by atoms with Crippen molar-refractivity contribution in [2.24, 2.45) is 5.92 Å². The molecule has 3 rings (SSSR count). The average molecular weight is 316 g/mol. The number of hydrogen-bond acceptors (Lipinski definition) is 5. The van der Waals surface area contributed by atoms with Crippen LogP contribution in [0.15, 0.2) is 24.3 Å². The Bertz CT molecular complexity index is 622. The summed E-state index contributed by atoms with van der Waals surface area (Å²) >= 11 is 0. The zero-order valence-corrected chi connectivity index (χ0v) is 13.1. The van der Waals surface area contributed by atoms with Gasteiger partial charge in [0, 0.05) is 0 Å². The SMILES string of the molecule is CCOC(=O)c1ccc(N2C(=O)C[C@H](NCC3CC3)C2=O)cc1. The lowest BCUT2D eigenvalue weighted by atomic mass is 10.2. The molecule has 1 saturated heterocycles. The summed E-state index contributed by atoms with van der Waals surface area (Å²) in [6.45, 7) is 2.83. The van der Waals surface area contributed by atoms with Crippen molar-refractivity contribution in [1.29, 1.82) is 0 Å². The largest absolute Gasteiger partial charge is 0.462 e. The molecule has 1 saturated carbocycles. The number of amides is 2. The van der Waals surface area contributed by atoms with Gasteiger partial charge in [-0.2, -0.15) is 0 Å². The van der Waals surface area contributed by atoms with Gasteiger partial charge in [0.25, 0.3) is 5.91 Å². The fourth-order valence-electron chi connectivity index (χ4n) is 2.65. The molecule has 1 aromatic rings. The molecule has 6 nitrogen and oxygen atoms in total. The van der Waals surface area contributed by atoms with Crippen LogP contribution in [-0.4, -0.2) is 37.0 Å². The number of anilines is 1. The number of rotatable bonds is 6. The number of carbonyl (C=O) groups excluding carboxylic acids is 3. The van der Waals surface area contributed by atoms with Crippen LogP contribution < -0.4 is 10.2 Å². The first-order chi connectivity index (χ1) is 11.1. The quantitative estimate of drug-likeness (QED) is 0.636. The number of carbonyl (C=O) groups is 3. The van der Waals surface area contributed by atoms with Gasteiger partial charge in [0.15, 0.2) is 0 Å². The fourth-order valence-corrected chi connectivity index (χ4v) is 2.65. The van der Waals surface area contributed by atoms with Crippen molar-refractivity contribution in [3.05, 3.63) is 29.8 Å². The molecule has 6 heteroatoms. The third-order valence-electron chi connectivity index (χ3n) is 4.13. The molecule has 0 aromatic heterocycles. The fraction of sp³-hybridized carbons (Fsp3) is 0.471. The van der Waals surface area contributed by atoms with Gasteiger partial charge >= 0.3 is 5.97 Å². The minimum Gasteiger partial charge on any atom is -0.462 e. The average Bonchev–Trinajstić information content (AvgIpc) is 3.32. The van der Waals surface area contributed by atoms with Gasteiger partial charge in [-0.1, -0.05) is 0 Å². The molecule has 1 atom stereocenters. The van der Waals surface area contributed by atoms with Gasteiger partial charge in [-0.05, 0) is 56.5 Å². The Hall–Kier alpha value is -2.21. The van der Waals surface area contributed by atoms with Gasteiger partial charge in [-0.25, -0.2) is 9.69 Å². The molecule has 1 aromatic carbocycles. The summed E-state index contributed by atoms with van der Waals surface area (Å²) in [7, 11) is 0. The van der Waals surface area contributed by atoms with E-state index in [2.05, 4.69) is 5.32 Å². The third kappa shape index (κ3) is 3.42. The minimum absolute atomic E-state index is 0.186. The number of hydrogen-bond donors (Lipinski definition) is 1. The maximum Gasteiger partial charge on any atom is 0.338 e. The molecular weight excluding hydrogens is 296 g/mol. The Morgan fingerprint density at radius 3 is 2.57 bits per heavy atom. The first kappa shape index (κ1) is 15.7. The highest BCUT2D eigenvalue weighted by atomic mass is 16.5. The van der Waals surface area contributed by atoms with E-state index >= 15 is 0 Å². The Labute approximate surface area is 134 Å². The van der Waals surface area contributed by atoms with E-state index < -0.39 is 12.0 Å². The number of nitrogens with one attached hydrogen (secondary N) is 1. The van der Waals surface area contributed by atoms with Crippen molar-refractivity contribution < 1.29 is 19.1 Å². The molecule has 2 amide bonds. The standard InChI is InChI=1S/C17H20N2O4/c1-2-23-17(22)12-5-7-13(8-6-12)19-15(20)9-14(16(19)21)18-10-11-3-4-11/h5-8,11,14,18H,2-4,9-10H2,1H3/t14-/m0/s1. The monoisotopic (exact) mass is 316 g/mol. The Morgan fingerprint density at radius 2 is 1.96 bits per heavy atom. The lowest BCUT2D eigenvalue weighted by Gasteiger charge is -2.16. The van der Waals surface area contributed by atoms with Crippen LogP contribution >= 0.6 is 0 Å². The first-order valence-corrected chi connectivity index (χ1v) is 7.97. The van der Waals surface area contributed by atoms with Crippen molar-refractivity contribution in [3.63, 3.8) is 0 Å². The molecule has 0 unspecified atom stereocenters. The first-order valence-electron chi connectivity index (χ1n) is 7.97. The molecule has 1 aliphatic heterocycles. The van der Waals surface area contributed by atoms with Crippen molar-refractivity contribution in [2.45, 2.75) is 32.2 Å². The summed E-state index contributed by atoms with van der Waals surface area (Å²) in [5, 5.41) is 3.18. The molecule has 122 valence electrons. The molecule has 0 spiro atoms. The highest BCUT2D eigenvalue weighted by Crippen LogP contribution is 2.29. The zero-order valence-electron chi connectivity index (χ0n) is 13.1. The van der Waals surface area contributed by atoms with Crippen molar-refractivity contribution in [2.75, 3.05) is 18.1 Å². The van der Waals surface area contributed by atoms with E-state index in [-0.39, 0.29) is 18.2 Å². The summed E-state index contributed by atoms with van der Waals surface area (Å²) in [6.07, 6.45) is 2.58. The molecule has 1 heterocycles. The smallest absolute Gasteiger partial charge is 0.338 e. The van der Waals surface area contributed by atoms with E-state index in [1.165, 1.54) is 17.7 Å². The molecule has 23 heavy (non-hydrogen) atoms. The lowest BCUT2D eigenvalue weighted by Crippen LogP contribution is -2.39. The van der Waals surface area contributed by atoms with E-state index in [1.807, 2.05) is 0 Å². The third-order valence-corrected chi connectivity index (χ3v) is 4.13. The highest BCUT2D eigenvalue weighted by Gasteiger charge is 2.40. The molecule has 1 aliphatic carbocycles. The van der Waals surface area contributed by atoms with Crippen LogP contribution in [0.3, 0.4) is 0 Å². The molecular formula is C17H20N2O4. The lowest BCUT2D eigenvalue weighted by molar-refractivity contribution is -0.121. The predicted octanol–water partition coefficient (Wildman–Crippen LogP) is 1.49. The number of benzene rings is 1. The van der Waals surface area contributed by atoms with Crippen molar-refractivity contribution in [3.8, 4) is 0 Å². The van der Waals surface area contributed by atoms with Crippen LogP contribution in [0.5, 0.6) is 0 Å². The number of nitrogens with zero attached hydrogens (tertiary/aromatic N) is 1. The maximum absolute atomic E-state index is 12.4. The van der Waals surface area contributed by atoms with Gasteiger partial charge in [-0.3, -0.25) is 9.59 Å². The van der Waals surface area contributed by atoms with Gasteiger partial charge in [-0.15, -0.1) is 0 Å².